The van der Waals surface area contributed by atoms with Crippen LogP contribution >= 0.6 is 11.8 Å². The molecule has 2 N–H and O–H groups in total. The Labute approximate surface area is 187 Å². The average Bonchev–Trinajstić information content (AvgIpc) is 3.18. The van der Waals surface area contributed by atoms with Gasteiger partial charge in [0.05, 0.1) is 25.2 Å². The molecule has 0 unspecified atom stereocenters. The summed E-state index contributed by atoms with van der Waals surface area (Å²) in [6.45, 7) is 2.49. The molecule has 0 spiro atoms. The third-order valence-corrected chi connectivity index (χ3v) is 5.40. The van der Waals surface area contributed by atoms with E-state index in [9.17, 15) is 9.59 Å². The van der Waals surface area contributed by atoms with E-state index < -0.39 is 0 Å². The molecule has 0 aliphatic carbocycles. The van der Waals surface area contributed by atoms with Gasteiger partial charge in [-0.2, -0.15) is 0 Å². The van der Waals surface area contributed by atoms with Crippen molar-refractivity contribution < 1.29 is 14.3 Å². The lowest BCUT2D eigenvalue weighted by Crippen LogP contribution is -2.15. The summed E-state index contributed by atoms with van der Waals surface area (Å²) in [4.78, 5) is 33.5. The van der Waals surface area contributed by atoms with Crippen molar-refractivity contribution >= 4 is 29.0 Å². The number of carbonyl (C=O) groups is 1. The minimum absolute atomic E-state index is 0.0765. The number of aromatic amines is 1. The molecule has 10 heteroatoms. The van der Waals surface area contributed by atoms with Gasteiger partial charge in [0.2, 0.25) is 5.91 Å². The van der Waals surface area contributed by atoms with Gasteiger partial charge in [0.15, 0.2) is 16.6 Å². The maximum Gasteiger partial charge on any atom is 0.266 e. The molecule has 32 heavy (non-hydrogen) atoms. The number of ether oxygens (including phenoxy) is 2. The zero-order valence-electron chi connectivity index (χ0n) is 17.5. The van der Waals surface area contributed by atoms with E-state index in [1.807, 2.05) is 43.3 Å². The minimum Gasteiger partial charge on any atom is -0.495 e. The number of carbonyl (C=O) groups excluding carboxylic acids is 1. The number of methoxy groups -OCH3 is 1. The molecular weight excluding hydrogens is 430 g/mol. The van der Waals surface area contributed by atoms with Crippen LogP contribution < -0.4 is 20.3 Å². The second-order valence-electron chi connectivity index (χ2n) is 6.64. The SMILES string of the molecule is CCOc1ccc(-c2nc(SCC(=O)Nc3ccccc3OC)n3[nH]c(=O)cc3n2)cc1. The maximum absolute atomic E-state index is 12.5. The third kappa shape index (κ3) is 4.75. The summed E-state index contributed by atoms with van der Waals surface area (Å²) in [5, 5.41) is 5.93. The van der Waals surface area contributed by atoms with Crippen molar-refractivity contribution in [3.63, 3.8) is 0 Å². The van der Waals surface area contributed by atoms with E-state index in [0.717, 1.165) is 11.3 Å². The van der Waals surface area contributed by atoms with E-state index in [2.05, 4.69) is 20.4 Å². The Morgan fingerprint density at radius 3 is 2.69 bits per heavy atom. The van der Waals surface area contributed by atoms with Crippen LogP contribution in [-0.4, -0.2) is 45.0 Å². The molecule has 0 aliphatic rings. The lowest BCUT2D eigenvalue weighted by molar-refractivity contribution is -0.113. The van der Waals surface area contributed by atoms with E-state index in [1.54, 1.807) is 19.2 Å². The van der Waals surface area contributed by atoms with Crippen LogP contribution in [0.5, 0.6) is 11.5 Å². The molecular formula is C22H21N5O4S. The van der Waals surface area contributed by atoms with Gasteiger partial charge in [-0.3, -0.25) is 14.7 Å². The summed E-state index contributed by atoms with van der Waals surface area (Å²) in [5.74, 6) is 1.61. The molecule has 0 fully saturated rings. The van der Waals surface area contributed by atoms with Crippen LogP contribution in [0.15, 0.2) is 64.5 Å². The number of H-pyrrole nitrogens is 1. The van der Waals surface area contributed by atoms with E-state index in [-0.39, 0.29) is 17.2 Å². The summed E-state index contributed by atoms with van der Waals surface area (Å²) in [7, 11) is 1.54. The van der Waals surface area contributed by atoms with Crippen LogP contribution in [0.2, 0.25) is 0 Å². The molecule has 164 valence electrons. The zero-order chi connectivity index (χ0) is 22.5. The number of rotatable bonds is 8. The van der Waals surface area contributed by atoms with Gasteiger partial charge >= 0.3 is 0 Å². The van der Waals surface area contributed by atoms with Gasteiger partial charge in [-0.1, -0.05) is 23.9 Å². The Morgan fingerprint density at radius 1 is 1.16 bits per heavy atom. The van der Waals surface area contributed by atoms with Crippen LogP contribution in [-0.2, 0) is 4.79 Å². The number of aromatic nitrogens is 4. The van der Waals surface area contributed by atoms with E-state index in [1.165, 1.54) is 22.3 Å². The number of hydrogen-bond donors (Lipinski definition) is 2. The average molecular weight is 452 g/mol. The monoisotopic (exact) mass is 451 g/mol. The smallest absolute Gasteiger partial charge is 0.266 e. The molecule has 0 aliphatic heterocycles. The highest BCUT2D eigenvalue weighted by Crippen LogP contribution is 2.25. The van der Waals surface area contributed by atoms with Gasteiger partial charge in [0.25, 0.3) is 5.56 Å². The van der Waals surface area contributed by atoms with Crippen LogP contribution in [0, 0.1) is 0 Å². The van der Waals surface area contributed by atoms with Crippen molar-refractivity contribution in [2.45, 2.75) is 12.1 Å². The quantitative estimate of drug-likeness (QED) is 0.396. The number of fused-ring (bicyclic) bond motifs is 1. The molecule has 4 rings (SSSR count). The summed E-state index contributed by atoms with van der Waals surface area (Å²) in [6, 6.07) is 15.9. The second-order valence-corrected chi connectivity index (χ2v) is 7.58. The number of nitrogens with zero attached hydrogens (tertiary/aromatic N) is 3. The van der Waals surface area contributed by atoms with Gasteiger partial charge < -0.3 is 14.8 Å². The van der Waals surface area contributed by atoms with Gasteiger partial charge in [-0.05, 0) is 43.3 Å². The minimum atomic E-state index is -0.302. The van der Waals surface area contributed by atoms with Crippen LogP contribution in [0.25, 0.3) is 17.0 Å². The fourth-order valence-electron chi connectivity index (χ4n) is 3.04. The maximum atomic E-state index is 12.5. The van der Waals surface area contributed by atoms with Crippen molar-refractivity contribution in [2.75, 3.05) is 24.8 Å². The Hall–Kier alpha value is -3.79. The van der Waals surface area contributed by atoms with Crippen molar-refractivity contribution in [1.82, 2.24) is 19.6 Å². The standard InChI is InChI=1S/C22H21N5O4S/c1-3-31-15-10-8-14(9-11-15)21-24-18-12-19(28)26-27(18)22(25-21)32-13-20(29)23-16-6-4-5-7-17(16)30-2/h4-12H,3,13H2,1-2H3,(H,23,29)(H,26,28). The molecule has 0 atom stereocenters. The fourth-order valence-corrected chi connectivity index (χ4v) is 3.79. The first-order valence-electron chi connectivity index (χ1n) is 9.86. The highest BCUT2D eigenvalue weighted by atomic mass is 32.2. The molecule has 2 aromatic heterocycles. The number of benzene rings is 2. The predicted octanol–water partition coefficient (Wildman–Crippen LogP) is 3.22. The van der Waals surface area contributed by atoms with Crippen molar-refractivity contribution in [3.8, 4) is 22.9 Å². The van der Waals surface area contributed by atoms with Gasteiger partial charge in [0, 0.05) is 11.6 Å². The molecule has 9 nitrogen and oxygen atoms in total. The highest BCUT2D eigenvalue weighted by Gasteiger charge is 2.14. The van der Waals surface area contributed by atoms with Crippen molar-refractivity contribution in [1.29, 1.82) is 0 Å². The van der Waals surface area contributed by atoms with Gasteiger partial charge in [-0.15, -0.1) is 0 Å². The number of anilines is 1. The summed E-state index contributed by atoms with van der Waals surface area (Å²) >= 11 is 1.19. The molecule has 0 bridgehead atoms. The number of amides is 1. The lowest BCUT2D eigenvalue weighted by Gasteiger charge is -2.10. The van der Waals surface area contributed by atoms with E-state index >= 15 is 0 Å². The second kappa shape index (κ2) is 9.56. The number of nitrogens with one attached hydrogen (secondary N) is 2. The highest BCUT2D eigenvalue weighted by molar-refractivity contribution is 7.99. The molecule has 0 saturated heterocycles. The molecule has 2 aromatic carbocycles. The molecule has 1 amide bonds. The number of hydrogen-bond acceptors (Lipinski definition) is 7. The van der Waals surface area contributed by atoms with E-state index in [4.69, 9.17) is 9.47 Å². The number of thioether (sulfide) groups is 1. The van der Waals surface area contributed by atoms with Crippen molar-refractivity contribution in [2.24, 2.45) is 0 Å². The molecule has 0 saturated carbocycles. The number of para-hydroxylation sites is 2. The van der Waals surface area contributed by atoms with Crippen LogP contribution in [0.3, 0.4) is 0 Å². The molecule has 0 radical (unpaired) electrons. The first kappa shape index (κ1) is 21.4. The largest absolute Gasteiger partial charge is 0.495 e. The summed E-state index contributed by atoms with van der Waals surface area (Å²) < 4.78 is 12.2. The Kier molecular flexibility index (Phi) is 6.41. The van der Waals surface area contributed by atoms with Gasteiger partial charge in [-0.25, -0.2) is 14.5 Å². The Balaban J connectivity index is 1.57. The molecule has 4 aromatic rings. The summed E-state index contributed by atoms with van der Waals surface area (Å²) in [6.07, 6.45) is 0. The first-order valence-corrected chi connectivity index (χ1v) is 10.8. The fraction of sp³-hybridized carbons (Fsp3) is 0.182. The Morgan fingerprint density at radius 2 is 1.94 bits per heavy atom. The normalized spacial score (nSPS) is 10.8. The van der Waals surface area contributed by atoms with Crippen LogP contribution in [0.1, 0.15) is 6.92 Å². The predicted molar refractivity (Wildman–Crippen MR) is 123 cm³/mol. The topological polar surface area (TPSA) is 111 Å². The zero-order valence-corrected chi connectivity index (χ0v) is 18.3. The van der Waals surface area contributed by atoms with Crippen LogP contribution in [0.4, 0.5) is 5.69 Å². The first-order chi connectivity index (χ1) is 15.6. The summed E-state index contributed by atoms with van der Waals surface area (Å²) in [5.41, 5.74) is 1.47. The third-order valence-electron chi connectivity index (χ3n) is 4.46. The van der Waals surface area contributed by atoms with Crippen molar-refractivity contribution in [3.05, 3.63) is 65.0 Å². The Bertz CT molecular complexity index is 1300. The molecule has 2 heterocycles. The van der Waals surface area contributed by atoms with E-state index in [0.29, 0.717) is 34.7 Å². The lowest BCUT2D eigenvalue weighted by atomic mass is 10.2. The van der Waals surface area contributed by atoms with Gasteiger partial charge in [0.1, 0.15) is 11.5 Å².